The number of rotatable bonds is 11. The minimum Gasteiger partial charge on any atom is -0.303 e. The van der Waals surface area contributed by atoms with Crippen LogP contribution in [0, 0.1) is 5.92 Å². The predicted octanol–water partition coefficient (Wildman–Crippen LogP) is 3.89. The molecule has 0 amide bonds. The van der Waals surface area contributed by atoms with Crippen LogP contribution in [-0.2, 0) is 4.79 Å². The first kappa shape index (κ1) is 16.6. The summed E-state index contributed by atoms with van der Waals surface area (Å²) in [5.74, 6) is 0.781. The Morgan fingerprint density at radius 3 is 1.88 bits per heavy atom. The number of ketones is 1. The Bertz CT molecular complexity index is 181. The summed E-state index contributed by atoms with van der Waals surface area (Å²) < 4.78 is 0. The molecule has 0 aromatic rings. The summed E-state index contributed by atoms with van der Waals surface area (Å²) in [6.45, 7) is 12.1. The van der Waals surface area contributed by atoms with E-state index in [1.807, 2.05) is 0 Å². The molecule has 0 spiro atoms. The van der Waals surface area contributed by atoms with Crippen LogP contribution in [0.1, 0.15) is 66.2 Å². The van der Waals surface area contributed by atoms with Crippen molar-refractivity contribution in [3.8, 4) is 0 Å². The molecule has 0 unspecified atom stereocenters. The topological polar surface area (TPSA) is 20.3 Å². The van der Waals surface area contributed by atoms with Crippen molar-refractivity contribution in [3.63, 3.8) is 0 Å². The van der Waals surface area contributed by atoms with E-state index in [9.17, 15) is 4.79 Å². The fourth-order valence-electron chi connectivity index (χ4n) is 2.39. The van der Waals surface area contributed by atoms with Crippen LogP contribution in [0.3, 0.4) is 0 Å². The molecule has 0 heterocycles. The number of carbonyl (C=O) groups is 1. The Morgan fingerprint density at radius 1 is 0.941 bits per heavy atom. The first-order valence-electron chi connectivity index (χ1n) is 7.44. The van der Waals surface area contributed by atoms with E-state index >= 15 is 0 Å². The average molecular weight is 241 g/mol. The highest BCUT2D eigenvalue weighted by atomic mass is 16.1. The summed E-state index contributed by atoms with van der Waals surface area (Å²) in [6, 6.07) is 0. The Morgan fingerprint density at radius 2 is 1.47 bits per heavy atom. The molecule has 102 valence electrons. The molecular weight excluding hydrogens is 210 g/mol. The van der Waals surface area contributed by atoms with Crippen molar-refractivity contribution in [1.82, 2.24) is 4.90 Å². The van der Waals surface area contributed by atoms with Crippen molar-refractivity contribution in [2.45, 2.75) is 66.2 Å². The molecular formula is C15H31NO. The van der Waals surface area contributed by atoms with E-state index < -0.39 is 0 Å². The third-order valence-corrected chi connectivity index (χ3v) is 3.42. The number of hydrogen-bond donors (Lipinski definition) is 0. The zero-order valence-electron chi connectivity index (χ0n) is 12.3. The second-order valence-electron chi connectivity index (χ2n) is 4.92. The van der Waals surface area contributed by atoms with Crippen LogP contribution < -0.4 is 0 Å². The molecule has 0 bridgehead atoms. The van der Waals surface area contributed by atoms with E-state index in [0.29, 0.717) is 11.7 Å². The summed E-state index contributed by atoms with van der Waals surface area (Å²) >= 11 is 0. The molecule has 0 fully saturated rings. The molecule has 0 aliphatic heterocycles. The summed E-state index contributed by atoms with van der Waals surface area (Å²) in [5, 5.41) is 0. The quantitative estimate of drug-likeness (QED) is 0.547. The molecule has 0 aliphatic rings. The lowest BCUT2D eigenvalue weighted by atomic mass is 9.95. The van der Waals surface area contributed by atoms with E-state index in [1.165, 1.54) is 25.9 Å². The molecule has 0 radical (unpaired) electrons. The van der Waals surface area contributed by atoms with Crippen molar-refractivity contribution in [3.05, 3.63) is 0 Å². The lowest BCUT2D eigenvalue weighted by molar-refractivity contribution is -0.123. The van der Waals surface area contributed by atoms with Gasteiger partial charge >= 0.3 is 0 Å². The van der Waals surface area contributed by atoms with Crippen LogP contribution in [0.5, 0.6) is 0 Å². The molecule has 0 rings (SSSR count). The van der Waals surface area contributed by atoms with Crippen molar-refractivity contribution in [2.75, 3.05) is 19.6 Å². The third-order valence-electron chi connectivity index (χ3n) is 3.42. The van der Waals surface area contributed by atoms with Crippen LogP contribution >= 0.6 is 0 Å². The van der Waals surface area contributed by atoms with Crippen LogP contribution in [0.4, 0.5) is 0 Å². The highest BCUT2D eigenvalue weighted by molar-refractivity contribution is 5.80. The first-order valence-corrected chi connectivity index (χ1v) is 7.44. The van der Waals surface area contributed by atoms with Gasteiger partial charge in [0.25, 0.3) is 0 Å². The lowest BCUT2D eigenvalue weighted by Crippen LogP contribution is -2.27. The maximum Gasteiger partial charge on any atom is 0.136 e. The van der Waals surface area contributed by atoms with Crippen LogP contribution in [0.15, 0.2) is 0 Å². The summed E-state index contributed by atoms with van der Waals surface area (Å²) in [5.41, 5.74) is 0. The van der Waals surface area contributed by atoms with Crippen LogP contribution in [-0.4, -0.2) is 30.3 Å². The lowest BCUT2D eigenvalue weighted by Gasteiger charge is -2.21. The predicted molar refractivity (Wildman–Crippen MR) is 75.3 cm³/mol. The molecule has 2 heteroatoms. The highest BCUT2D eigenvalue weighted by Gasteiger charge is 2.13. The maximum absolute atomic E-state index is 11.9. The fraction of sp³-hybridized carbons (Fsp3) is 0.933. The zero-order chi connectivity index (χ0) is 13.1. The second kappa shape index (κ2) is 10.8. The highest BCUT2D eigenvalue weighted by Crippen LogP contribution is 2.12. The van der Waals surface area contributed by atoms with E-state index in [0.717, 1.165) is 32.2 Å². The van der Waals surface area contributed by atoms with E-state index in [2.05, 4.69) is 32.6 Å². The van der Waals surface area contributed by atoms with Crippen LogP contribution in [0.25, 0.3) is 0 Å². The van der Waals surface area contributed by atoms with Gasteiger partial charge in [0.1, 0.15) is 5.78 Å². The first-order chi connectivity index (χ1) is 8.19. The Balaban J connectivity index is 3.82. The fourth-order valence-corrected chi connectivity index (χ4v) is 2.39. The normalized spacial score (nSPS) is 11.4. The van der Waals surface area contributed by atoms with Crippen molar-refractivity contribution < 1.29 is 4.79 Å². The molecule has 0 saturated heterocycles. The van der Waals surface area contributed by atoms with E-state index in [1.54, 1.807) is 0 Å². The van der Waals surface area contributed by atoms with Crippen LogP contribution in [0.2, 0.25) is 0 Å². The minimum atomic E-state index is 0.306. The average Bonchev–Trinajstić information content (AvgIpc) is 2.31. The van der Waals surface area contributed by atoms with Gasteiger partial charge in [-0.1, -0.05) is 27.7 Å². The number of Topliss-reactive ketones (excluding diaryl/α,β-unsaturated/α-hetero) is 1. The molecule has 0 saturated carbocycles. The van der Waals surface area contributed by atoms with E-state index in [-0.39, 0.29) is 0 Å². The van der Waals surface area contributed by atoms with Crippen molar-refractivity contribution in [1.29, 1.82) is 0 Å². The van der Waals surface area contributed by atoms with Gasteiger partial charge in [-0.3, -0.25) is 4.79 Å². The van der Waals surface area contributed by atoms with Gasteiger partial charge < -0.3 is 4.90 Å². The minimum absolute atomic E-state index is 0.306. The SMILES string of the molecule is CCCN(CCC)CCCC(=O)C(CC)CC. The largest absolute Gasteiger partial charge is 0.303 e. The third kappa shape index (κ3) is 7.54. The van der Waals surface area contributed by atoms with Gasteiger partial charge in [0.05, 0.1) is 0 Å². The molecule has 17 heavy (non-hydrogen) atoms. The van der Waals surface area contributed by atoms with Gasteiger partial charge in [0, 0.05) is 12.3 Å². The molecule has 2 nitrogen and oxygen atoms in total. The second-order valence-corrected chi connectivity index (χ2v) is 4.92. The van der Waals surface area contributed by atoms with Gasteiger partial charge in [-0.05, 0) is 51.7 Å². The molecule has 0 atom stereocenters. The molecule has 0 aromatic heterocycles. The summed E-state index contributed by atoms with van der Waals surface area (Å²) in [6.07, 6.45) is 6.23. The smallest absolute Gasteiger partial charge is 0.136 e. The van der Waals surface area contributed by atoms with Gasteiger partial charge in [-0.2, -0.15) is 0 Å². The molecule has 0 aliphatic carbocycles. The summed E-state index contributed by atoms with van der Waals surface area (Å²) in [4.78, 5) is 14.4. The van der Waals surface area contributed by atoms with E-state index in [4.69, 9.17) is 0 Å². The molecule has 0 aromatic carbocycles. The monoisotopic (exact) mass is 241 g/mol. The Hall–Kier alpha value is -0.370. The van der Waals surface area contributed by atoms with Gasteiger partial charge in [-0.25, -0.2) is 0 Å². The molecule has 0 N–H and O–H groups in total. The van der Waals surface area contributed by atoms with Gasteiger partial charge in [0.15, 0.2) is 0 Å². The van der Waals surface area contributed by atoms with Crippen molar-refractivity contribution >= 4 is 5.78 Å². The Kier molecular flexibility index (Phi) is 10.5. The number of nitrogens with zero attached hydrogens (tertiary/aromatic N) is 1. The standard InChI is InChI=1S/C15H31NO/c1-5-11-16(12-6-2)13-9-10-15(17)14(7-3)8-4/h14H,5-13H2,1-4H3. The maximum atomic E-state index is 11.9. The number of carbonyl (C=O) groups excluding carboxylic acids is 1. The van der Waals surface area contributed by atoms with Crippen molar-refractivity contribution in [2.24, 2.45) is 5.92 Å². The van der Waals surface area contributed by atoms with Gasteiger partial charge in [0.2, 0.25) is 0 Å². The summed E-state index contributed by atoms with van der Waals surface area (Å²) in [7, 11) is 0. The Labute approximate surface area is 108 Å². The van der Waals surface area contributed by atoms with Gasteiger partial charge in [-0.15, -0.1) is 0 Å². The zero-order valence-corrected chi connectivity index (χ0v) is 12.3. The number of hydrogen-bond acceptors (Lipinski definition) is 2.